The van der Waals surface area contributed by atoms with E-state index in [4.69, 9.17) is 16.3 Å². The van der Waals surface area contributed by atoms with Gasteiger partial charge in [0.2, 0.25) is 0 Å². The third kappa shape index (κ3) is 6.27. The minimum Gasteiger partial charge on any atom is -0.497 e. The number of hydrogen-bond acceptors (Lipinski definition) is 2. The van der Waals surface area contributed by atoms with Crippen LogP contribution in [0, 0.1) is 0 Å². The summed E-state index contributed by atoms with van der Waals surface area (Å²) in [4.78, 5) is 2.39. The average Bonchev–Trinajstić information content (AvgIpc) is 2.42. The number of alkyl halides is 1. The molecule has 102 valence electrons. The molecule has 0 atom stereocenters. The second-order valence-electron chi connectivity index (χ2n) is 4.65. The van der Waals surface area contributed by atoms with E-state index in [1.54, 1.807) is 7.11 Å². The van der Waals surface area contributed by atoms with Gasteiger partial charge >= 0.3 is 0 Å². The molecule has 0 radical (unpaired) electrons. The minimum absolute atomic E-state index is 0.787. The van der Waals surface area contributed by atoms with E-state index in [2.05, 4.69) is 24.1 Å². The maximum atomic E-state index is 5.66. The molecule has 0 aliphatic carbocycles. The van der Waals surface area contributed by atoms with Crippen molar-refractivity contribution >= 4 is 11.6 Å². The number of ether oxygens (including phenoxy) is 1. The second kappa shape index (κ2) is 9.23. The van der Waals surface area contributed by atoms with E-state index in [1.807, 2.05) is 12.1 Å². The zero-order valence-electron chi connectivity index (χ0n) is 11.5. The third-order valence-electron chi connectivity index (χ3n) is 3.11. The summed E-state index contributed by atoms with van der Waals surface area (Å²) in [5.41, 5.74) is 1.36. The van der Waals surface area contributed by atoms with Crippen LogP contribution in [-0.2, 0) is 6.42 Å². The Morgan fingerprint density at radius 2 is 1.78 bits per heavy atom. The van der Waals surface area contributed by atoms with Gasteiger partial charge in [0.05, 0.1) is 7.11 Å². The number of likely N-dealkylation sites (N-methyl/N-ethyl adjacent to an activating group) is 1. The second-order valence-corrected chi connectivity index (χ2v) is 5.03. The zero-order valence-corrected chi connectivity index (χ0v) is 12.2. The Bertz CT molecular complexity index is 313. The fourth-order valence-corrected chi connectivity index (χ4v) is 2.07. The number of benzene rings is 1. The monoisotopic (exact) mass is 269 g/mol. The first kappa shape index (κ1) is 15.3. The largest absolute Gasteiger partial charge is 0.497 e. The molecule has 0 bridgehead atoms. The van der Waals surface area contributed by atoms with E-state index in [-0.39, 0.29) is 0 Å². The molecule has 1 rings (SSSR count). The van der Waals surface area contributed by atoms with Crippen LogP contribution in [0.4, 0.5) is 0 Å². The van der Waals surface area contributed by atoms with Gasteiger partial charge in [-0.3, -0.25) is 0 Å². The van der Waals surface area contributed by atoms with E-state index in [9.17, 15) is 0 Å². The summed E-state index contributed by atoms with van der Waals surface area (Å²) in [5.74, 6) is 1.71. The summed E-state index contributed by atoms with van der Waals surface area (Å²) in [6.45, 7) is 2.26. The summed E-state index contributed by atoms with van der Waals surface area (Å²) < 4.78 is 5.15. The topological polar surface area (TPSA) is 12.5 Å². The summed E-state index contributed by atoms with van der Waals surface area (Å²) in [6, 6.07) is 8.33. The average molecular weight is 270 g/mol. The van der Waals surface area contributed by atoms with E-state index < -0.39 is 0 Å². The first-order valence-corrected chi connectivity index (χ1v) is 7.17. The van der Waals surface area contributed by atoms with Gasteiger partial charge in [-0.15, -0.1) is 11.6 Å². The first-order valence-electron chi connectivity index (χ1n) is 6.63. The van der Waals surface area contributed by atoms with Crippen LogP contribution in [0.5, 0.6) is 5.75 Å². The van der Waals surface area contributed by atoms with Crippen molar-refractivity contribution in [2.24, 2.45) is 0 Å². The van der Waals surface area contributed by atoms with Crippen molar-refractivity contribution < 1.29 is 4.74 Å². The predicted octanol–water partition coefficient (Wildman–Crippen LogP) is 3.58. The van der Waals surface area contributed by atoms with Gasteiger partial charge in [-0.25, -0.2) is 0 Å². The lowest BCUT2D eigenvalue weighted by Gasteiger charge is -2.16. The smallest absolute Gasteiger partial charge is 0.118 e. The Balaban J connectivity index is 2.18. The van der Waals surface area contributed by atoms with Crippen molar-refractivity contribution in [2.75, 3.05) is 33.1 Å². The highest BCUT2D eigenvalue weighted by atomic mass is 35.5. The van der Waals surface area contributed by atoms with Crippen molar-refractivity contribution in [3.8, 4) is 5.75 Å². The van der Waals surface area contributed by atoms with Gasteiger partial charge in [0.25, 0.3) is 0 Å². The van der Waals surface area contributed by atoms with Crippen molar-refractivity contribution in [3.63, 3.8) is 0 Å². The maximum Gasteiger partial charge on any atom is 0.118 e. The van der Waals surface area contributed by atoms with Crippen molar-refractivity contribution in [2.45, 2.75) is 25.7 Å². The van der Waals surface area contributed by atoms with Crippen molar-refractivity contribution in [1.82, 2.24) is 4.90 Å². The molecule has 0 saturated carbocycles. The van der Waals surface area contributed by atoms with Crippen molar-refractivity contribution in [1.29, 1.82) is 0 Å². The highest BCUT2D eigenvalue weighted by molar-refractivity contribution is 6.17. The van der Waals surface area contributed by atoms with Crippen LogP contribution in [0.1, 0.15) is 24.8 Å². The predicted molar refractivity (Wildman–Crippen MR) is 78.8 cm³/mol. The lowest BCUT2D eigenvalue weighted by molar-refractivity contribution is 0.329. The van der Waals surface area contributed by atoms with Gasteiger partial charge in [-0.05, 0) is 50.6 Å². The van der Waals surface area contributed by atoms with Gasteiger partial charge in [-0.2, -0.15) is 0 Å². The summed E-state index contributed by atoms with van der Waals surface area (Å²) >= 11 is 5.66. The number of nitrogens with zero attached hydrogens (tertiary/aromatic N) is 1. The van der Waals surface area contributed by atoms with Crippen LogP contribution in [0.15, 0.2) is 24.3 Å². The molecule has 0 saturated heterocycles. The van der Waals surface area contributed by atoms with Crippen LogP contribution in [-0.4, -0.2) is 38.0 Å². The molecule has 2 nitrogen and oxygen atoms in total. The van der Waals surface area contributed by atoms with Gasteiger partial charge in [0.15, 0.2) is 0 Å². The lowest BCUT2D eigenvalue weighted by Crippen LogP contribution is -2.22. The minimum atomic E-state index is 0.787. The first-order chi connectivity index (χ1) is 8.76. The molecule has 0 unspecified atom stereocenters. The van der Waals surface area contributed by atoms with E-state index >= 15 is 0 Å². The number of halogens is 1. The van der Waals surface area contributed by atoms with E-state index in [0.717, 1.165) is 37.6 Å². The standard InChI is InChI=1S/C15H24ClNO/c1-17(12-5-3-4-11-16)13-10-14-6-8-15(18-2)9-7-14/h6-9H,3-5,10-13H2,1-2H3. The van der Waals surface area contributed by atoms with E-state index in [0.29, 0.717) is 0 Å². The van der Waals surface area contributed by atoms with Gasteiger partial charge in [-0.1, -0.05) is 18.6 Å². The zero-order chi connectivity index (χ0) is 13.2. The molecule has 0 aliphatic heterocycles. The van der Waals surface area contributed by atoms with Crippen LogP contribution in [0.25, 0.3) is 0 Å². The highest BCUT2D eigenvalue weighted by Crippen LogP contribution is 2.11. The summed E-state index contributed by atoms with van der Waals surface area (Å²) in [7, 11) is 3.88. The number of rotatable bonds is 9. The molecular weight excluding hydrogens is 246 g/mol. The number of hydrogen-bond donors (Lipinski definition) is 0. The molecular formula is C15H24ClNO. The maximum absolute atomic E-state index is 5.66. The van der Waals surface area contributed by atoms with Crippen LogP contribution < -0.4 is 4.74 Å². The molecule has 0 N–H and O–H groups in total. The summed E-state index contributed by atoms with van der Waals surface area (Å²) in [6.07, 6.45) is 4.70. The van der Waals surface area contributed by atoms with Gasteiger partial charge < -0.3 is 9.64 Å². The molecule has 1 aromatic rings. The number of unbranched alkanes of at least 4 members (excludes halogenated alkanes) is 2. The fourth-order valence-electron chi connectivity index (χ4n) is 1.88. The molecule has 18 heavy (non-hydrogen) atoms. The van der Waals surface area contributed by atoms with Crippen molar-refractivity contribution in [3.05, 3.63) is 29.8 Å². The molecule has 3 heteroatoms. The molecule has 0 amide bonds. The molecule has 1 aromatic carbocycles. The Morgan fingerprint density at radius 3 is 2.39 bits per heavy atom. The van der Waals surface area contributed by atoms with Crippen LogP contribution in [0.3, 0.4) is 0 Å². The van der Waals surface area contributed by atoms with E-state index in [1.165, 1.54) is 18.4 Å². The molecule has 0 heterocycles. The van der Waals surface area contributed by atoms with Gasteiger partial charge in [0.1, 0.15) is 5.75 Å². The molecule has 0 spiro atoms. The van der Waals surface area contributed by atoms with Gasteiger partial charge in [0, 0.05) is 12.4 Å². The Labute approximate surface area is 116 Å². The normalized spacial score (nSPS) is 10.9. The van der Waals surface area contributed by atoms with Crippen LogP contribution in [0.2, 0.25) is 0 Å². The molecule has 0 aliphatic rings. The Hall–Kier alpha value is -0.730. The quantitative estimate of drug-likeness (QED) is 0.502. The molecule has 0 aromatic heterocycles. The Morgan fingerprint density at radius 1 is 1.06 bits per heavy atom. The third-order valence-corrected chi connectivity index (χ3v) is 3.38. The fraction of sp³-hybridized carbons (Fsp3) is 0.600. The molecule has 0 fully saturated rings. The lowest BCUT2D eigenvalue weighted by atomic mass is 10.1. The SMILES string of the molecule is COc1ccc(CCN(C)CCCCCCl)cc1. The van der Waals surface area contributed by atoms with Crippen LogP contribution >= 0.6 is 11.6 Å². The highest BCUT2D eigenvalue weighted by Gasteiger charge is 2.00. The Kier molecular flexibility index (Phi) is 7.86. The summed E-state index contributed by atoms with van der Waals surface area (Å²) in [5, 5.41) is 0. The number of methoxy groups -OCH3 is 1.